The van der Waals surface area contributed by atoms with Gasteiger partial charge in [0, 0.05) is 37.3 Å². The third kappa shape index (κ3) is 3.80. The third-order valence-corrected chi connectivity index (χ3v) is 5.27. The number of nitrogens with zero attached hydrogens (tertiary/aromatic N) is 2. The molecule has 0 bridgehead atoms. The molecule has 1 aromatic carbocycles. The lowest BCUT2D eigenvalue weighted by molar-refractivity contribution is 0.0672. The van der Waals surface area contributed by atoms with Gasteiger partial charge in [-0.2, -0.15) is 0 Å². The number of likely N-dealkylation sites (tertiary alicyclic amines) is 2. The van der Waals surface area contributed by atoms with Crippen LogP contribution in [0.2, 0.25) is 0 Å². The lowest BCUT2D eigenvalue weighted by Gasteiger charge is -2.31. The van der Waals surface area contributed by atoms with Crippen LogP contribution in [-0.4, -0.2) is 47.8 Å². The largest absolute Gasteiger partial charge is 0.338 e. The monoisotopic (exact) mass is 328 g/mol. The molecule has 0 aliphatic carbocycles. The minimum Gasteiger partial charge on any atom is -0.338 e. The highest BCUT2D eigenvalue weighted by molar-refractivity contribution is 5.97. The van der Waals surface area contributed by atoms with Crippen molar-refractivity contribution in [2.24, 2.45) is 11.8 Å². The zero-order chi connectivity index (χ0) is 17.1. The maximum absolute atomic E-state index is 12.6. The van der Waals surface area contributed by atoms with E-state index in [2.05, 4.69) is 13.8 Å². The molecule has 0 radical (unpaired) electrons. The van der Waals surface area contributed by atoms with E-state index in [1.165, 1.54) is 12.8 Å². The average Bonchev–Trinajstić information content (AvgIpc) is 2.60. The molecule has 2 aliphatic heterocycles. The fraction of sp³-hybridized carbons (Fsp3) is 0.600. The van der Waals surface area contributed by atoms with Crippen LogP contribution in [0.3, 0.4) is 0 Å². The van der Waals surface area contributed by atoms with Crippen molar-refractivity contribution in [2.45, 2.75) is 39.5 Å². The van der Waals surface area contributed by atoms with Gasteiger partial charge in [0.05, 0.1) is 0 Å². The first kappa shape index (κ1) is 17.0. The van der Waals surface area contributed by atoms with Crippen molar-refractivity contribution in [3.8, 4) is 0 Å². The molecule has 2 heterocycles. The Morgan fingerprint density at radius 2 is 1.17 bits per heavy atom. The summed E-state index contributed by atoms with van der Waals surface area (Å²) in [5, 5.41) is 0. The van der Waals surface area contributed by atoms with Gasteiger partial charge < -0.3 is 9.80 Å². The molecule has 24 heavy (non-hydrogen) atoms. The molecular weight excluding hydrogens is 300 g/mol. The van der Waals surface area contributed by atoms with Gasteiger partial charge in [-0.1, -0.05) is 13.8 Å². The second-order valence-corrected chi connectivity index (χ2v) is 7.57. The van der Waals surface area contributed by atoms with Crippen LogP contribution in [0.15, 0.2) is 24.3 Å². The van der Waals surface area contributed by atoms with Crippen LogP contribution < -0.4 is 0 Å². The maximum Gasteiger partial charge on any atom is 0.253 e. The Kier molecular flexibility index (Phi) is 5.22. The fourth-order valence-electron chi connectivity index (χ4n) is 3.87. The average molecular weight is 328 g/mol. The summed E-state index contributed by atoms with van der Waals surface area (Å²) >= 11 is 0. The summed E-state index contributed by atoms with van der Waals surface area (Å²) in [6, 6.07) is 7.23. The number of hydrogen-bond donors (Lipinski definition) is 0. The topological polar surface area (TPSA) is 40.6 Å². The predicted octanol–water partition coefficient (Wildman–Crippen LogP) is 3.43. The molecule has 2 amide bonds. The summed E-state index contributed by atoms with van der Waals surface area (Å²) in [5.74, 6) is 1.33. The number of carbonyl (C=O) groups excluding carboxylic acids is 2. The van der Waals surface area contributed by atoms with Gasteiger partial charge in [-0.15, -0.1) is 0 Å². The van der Waals surface area contributed by atoms with Crippen LogP contribution in [0, 0.1) is 11.8 Å². The standard InChI is InChI=1S/C20H28N2O2/c1-15-5-3-11-21(13-15)19(23)17-7-9-18(10-8-17)20(24)22-12-4-6-16(2)14-22/h7-10,15-16H,3-6,11-14H2,1-2H3/t15-,16+. The Morgan fingerprint density at radius 1 is 0.792 bits per heavy atom. The Hall–Kier alpha value is -1.84. The van der Waals surface area contributed by atoms with Crippen LogP contribution >= 0.6 is 0 Å². The quantitative estimate of drug-likeness (QED) is 0.834. The molecule has 2 fully saturated rings. The molecule has 3 rings (SSSR count). The number of piperidine rings is 2. The van der Waals surface area contributed by atoms with Crippen molar-refractivity contribution in [2.75, 3.05) is 26.2 Å². The summed E-state index contributed by atoms with van der Waals surface area (Å²) in [7, 11) is 0. The highest BCUT2D eigenvalue weighted by Crippen LogP contribution is 2.20. The van der Waals surface area contributed by atoms with E-state index in [1.807, 2.05) is 34.1 Å². The SMILES string of the molecule is C[C@@H]1CCCN(C(=O)c2ccc(C(=O)N3CCC[C@H](C)C3)cc2)C1. The van der Waals surface area contributed by atoms with E-state index < -0.39 is 0 Å². The summed E-state index contributed by atoms with van der Waals surface area (Å²) < 4.78 is 0. The van der Waals surface area contributed by atoms with Crippen molar-refractivity contribution >= 4 is 11.8 Å². The Labute approximate surface area is 144 Å². The summed E-state index contributed by atoms with van der Waals surface area (Å²) in [4.78, 5) is 29.1. The first-order valence-corrected chi connectivity index (χ1v) is 9.23. The Morgan fingerprint density at radius 3 is 1.50 bits per heavy atom. The van der Waals surface area contributed by atoms with Crippen molar-refractivity contribution in [3.05, 3.63) is 35.4 Å². The van der Waals surface area contributed by atoms with E-state index in [0.29, 0.717) is 23.0 Å². The minimum atomic E-state index is 0.0899. The predicted molar refractivity (Wildman–Crippen MR) is 95.0 cm³/mol. The maximum atomic E-state index is 12.6. The Bertz CT molecular complexity index is 543. The minimum absolute atomic E-state index is 0.0899. The second kappa shape index (κ2) is 7.37. The number of amides is 2. The Balaban J connectivity index is 1.66. The highest BCUT2D eigenvalue weighted by atomic mass is 16.2. The van der Waals surface area contributed by atoms with Crippen LogP contribution in [-0.2, 0) is 0 Å². The summed E-state index contributed by atoms with van der Waals surface area (Å²) in [6.45, 7) is 7.75. The van der Waals surface area contributed by atoms with Gasteiger partial charge in [0.15, 0.2) is 0 Å². The van der Waals surface area contributed by atoms with E-state index in [1.54, 1.807) is 0 Å². The summed E-state index contributed by atoms with van der Waals surface area (Å²) in [5.41, 5.74) is 1.38. The van der Waals surface area contributed by atoms with Gasteiger partial charge in [0.2, 0.25) is 0 Å². The smallest absolute Gasteiger partial charge is 0.253 e. The molecule has 4 heteroatoms. The molecule has 0 N–H and O–H groups in total. The van der Waals surface area contributed by atoms with Crippen molar-refractivity contribution < 1.29 is 9.59 Å². The van der Waals surface area contributed by atoms with Gasteiger partial charge in [0.25, 0.3) is 11.8 Å². The van der Waals surface area contributed by atoms with Crippen molar-refractivity contribution in [1.82, 2.24) is 9.80 Å². The molecule has 130 valence electrons. The molecule has 0 unspecified atom stereocenters. The van der Waals surface area contributed by atoms with Gasteiger partial charge in [0.1, 0.15) is 0 Å². The lowest BCUT2D eigenvalue weighted by atomic mass is 9.98. The van der Waals surface area contributed by atoms with Crippen molar-refractivity contribution in [1.29, 1.82) is 0 Å². The number of hydrogen-bond acceptors (Lipinski definition) is 2. The zero-order valence-corrected chi connectivity index (χ0v) is 14.8. The van der Waals surface area contributed by atoms with Gasteiger partial charge in [-0.3, -0.25) is 9.59 Å². The first-order valence-electron chi connectivity index (χ1n) is 9.23. The number of rotatable bonds is 2. The van der Waals surface area contributed by atoms with Crippen LogP contribution in [0.4, 0.5) is 0 Å². The first-order chi connectivity index (χ1) is 11.5. The van der Waals surface area contributed by atoms with E-state index >= 15 is 0 Å². The highest BCUT2D eigenvalue weighted by Gasteiger charge is 2.24. The van der Waals surface area contributed by atoms with E-state index in [9.17, 15) is 9.59 Å². The third-order valence-electron chi connectivity index (χ3n) is 5.27. The van der Waals surface area contributed by atoms with Crippen LogP contribution in [0.5, 0.6) is 0 Å². The van der Waals surface area contributed by atoms with Crippen LogP contribution in [0.1, 0.15) is 60.2 Å². The molecule has 0 saturated carbocycles. The van der Waals surface area contributed by atoms with Gasteiger partial charge in [-0.05, 0) is 61.8 Å². The van der Waals surface area contributed by atoms with E-state index in [-0.39, 0.29) is 11.8 Å². The molecule has 2 atom stereocenters. The van der Waals surface area contributed by atoms with E-state index in [4.69, 9.17) is 0 Å². The molecule has 2 saturated heterocycles. The molecule has 0 aromatic heterocycles. The molecule has 2 aliphatic rings. The van der Waals surface area contributed by atoms with Crippen LogP contribution in [0.25, 0.3) is 0 Å². The fourth-order valence-corrected chi connectivity index (χ4v) is 3.87. The van der Waals surface area contributed by atoms with Gasteiger partial charge in [-0.25, -0.2) is 0 Å². The molecule has 0 spiro atoms. The molecule has 4 nitrogen and oxygen atoms in total. The zero-order valence-electron chi connectivity index (χ0n) is 14.8. The van der Waals surface area contributed by atoms with Gasteiger partial charge >= 0.3 is 0 Å². The molecular formula is C20H28N2O2. The molecule has 1 aromatic rings. The normalized spacial score (nSPS) is 24.8. The number of benzene rings is 1. The van der Waals surface area contributed by atoms with E-state index in [0.717, 1.165) is 39.0 Å². The second-order valence-electron chi connectivity index (χ2n) is 7.57. The summed E-state index contributed by atoms with van der Waals surface area (Å²) in [6.07, 6.45) is 4.56. The number of carbonyl (C=O) groups is 2. The van der Waals surface area contributed by atoms with Crippen molar-refractivity contribution in [3.63, 3.8) is 0 Å². The lowest BCUT2D eigenvalue weighted by Crippen LogP contribution is -2.39.